The molecule has 0 radical (unpaired) electrons. The van der Waals surface area contributed by atoms with Crippen molar-refractivity contribution in [2.45, 2.75) is 57.3 Å². The molecule has 0 amide bonds. The molecule has 112 valence electrons. The second-order valence-corrected chi connectivity index (χ2v) is 5.45. The number of benzene rings is 1. The lowest BCUT2D eigenvalue weighted by Crippen LogP contribution is -2.38. The lowest BCUT2D eigenvalue weighted by atomic mass is 9.91. The molecule has 1 atom stereocenters. The maximum atomic E-state index is 12.1. The van der Waals surface area contributed by atoms with Crippen molar-refractivity contribution in [2.24, 2.45) is 5.73 Å². The molecule has 0 aromatic heterocycles. The molecule has 1 unspecified atom stereocenters. The van der Waals surface area contributed by atoms with Crippen LogP contribution in [0.1, 0.15) is 44.2 Å². The summed E-state index contributed by atoms with van der Waals surface area (Å²) in [6.07, 6.45) is 4.31. The minimum absolute atomic E-state index is 0.190. The maximum absolute atomic E-state index is 12.1. The first-order chi connectivity index (χ1) is 9.54. The van der Waals surface area contributed by atoms with E-state index in [1.807, 2.05) is 12.1 Å². The zero-order valence-electron chi connectivity index (χ0n) is 11.7. The van der Waals surface area contributed by atoms with E-state index in [1.165, 1.54) is 0 Å². The van der Waals surface area contributed by atoms with Gasteiger partial charge in [-0.25, -0.2) is 0 Å². The summed E-state index contributed by atoms with van der Waals surface area (Å²) in [4.78, 5) is 0. The van der Waals surface area contributed by atoms with Gasteiger partial charge in [0.15, 0.2) is 0 Å². The summed E-state index contributed by atoms with van der Waals surface area (Å²) in [5.74, 6) is 0.194. The van der Waals surface area contributed by atoms with E-state index in [9.17, 15) is 8.78 Å². The number of alkyl halides is 2. The maximum Gasteiger partial charge on any atom is 0.387 e. The van der Waals surface area contributed by atoms with Gasteiger partial charge in [-0.05, 0) is 50.3 Å². The second kappa shape index (κ2) is 6.99. The molecule has 0 bridgehead atoms. The highest BCUT2D eigenvalue weighted by molar-refractivity contribution is 5.29. The van der Waals surface area contributed by atoms with Crippen LogP contribution in [0.4, 0.5) is 8.78 Å². The molecule has 20 heavy (non-hydrogen) atoms. The van der Waals surface area contributed by atoms with E-state index in [-0.39, 0.29) is 11.8 Å². The summed E-state index contributed by atoms with van der Waals surface area (Å²) in [5.41, 5.74) is 6.96. The van der Waals surface area contributed by atoms with Crippen LogP contribution in [0.2, 0.25) is 0 Å². The summed E-state index contributed by atoms with van der Waals surface area (Å²) in [6, 6.07) is 7.83. The minimum atomic E-state index is -2.78. The number of nitrogens with two attached hydrogens (primary N) is 1. The molecule has 1 aliphatic rings. The highest BCUT2D eigenvalue weighted by Gasteiger charge is 2.20. The first kappa shape index (κ1) is 15.2. The minimum Gasteiger partial charge on any atom is -0.435 e. The Morgan fingerprint density at radius 3 is 2.30 bits per heavy atom. The van der Waals surface area contributed by atoms with Crippen molar-refractivity contribution in [2.75, 3.05) is 0 Å². The molecule has 5 heteroatoms. The quantitative estimate of drug-likeness (QED) is 0.873. The Labute approximate surface area is 118 Å². The van der Waals surface area contributed by atoms with Crippen molar-refractivity contribution in [3.8, 4) is 5.75 Å². The van der Waals surface area contributed by atoms with Gasteiger partial charge in [0.05, 0.1) is 0 Å². The fourth-order valence-corrected chi connectivity index (χ4v) is 2.67. The van der Waals surface area contributed by atoms with E-state index < -0.39 is 6.61 Å². The number of rotatable bonds is 5. The Morgan fingerprint density at radius 2 is 1.75 bits per heavy atom. The van der Waals surface area contributed by atoms with Gasteiger partial charge in [-0.1, -0.05) is 12.1 Å². The molecule has 1 aromatic rings. The van der Waals surface area contributed by atoms with Gasteiger partial charge in [-0.2, -0.15) is 8.78 Å². The molecule has 0 aliphatic heterocycles. The first-order valence-electron chi connectivity index (χ1n) is 7.11. The number of nitrogens with one attached hydrogen (secondary N) is 1. The van der Waals surface area contributed by atoms with Crippen LogP contribution in [0.5, 0.6) is 5.75 Å². The van der Waals surface area contributed by atoms with E-state index >= 15 is 0 Å². The third-order valence-corrected chi connectivity index (χ3v) is 3.86. The van der Waals surface area contributed by atoms with Crippen molar-refractivity contribution in [3.63, 3.8) is 0 Å². The van der Waals surface area contributed by atoms with Crippen LogP contribution in [0.3, 0.4) is 0 Å². The SMILES string of the molecule is CC(NC1CCC(N)CC1)c1ccc(OC(F)F)cc1. The lowest BCUT2D eigenvalue weighted by Gasteiger charge is -2.29. The van der Waals surface area contributed by atoms with Gasteiger partial charge in [-0.3, -0.25) is 0 Å². The average Bonchev–Trinajstić information content (AvgIpc) is 2.41. The third-order valence-electron chi connectivity index (χ3n) is 3.86. The van der Waals surface area contributed by atoms with Gasteiger partial charge >= 0.3 is 6.61 Å². The molecule has 1 aromatic carbocycles. The Balaban J connectivity index is 1.87. The molecular weight excluding hydrogens is 262 g/mol. The highest BCUT2D eigenvalue weighted by atomic mass is 19.3. The molecule has 0 saturated heterocycles. The lowest BCUT2D eigenvalue weighted by molar-refractivity contribution is -0.0498. The normalized spacial score (nSPS) is 24.6. The molecule has 0 heterocycles. The number of hydrogen-bond acceptors (Lipinski definition) is 3. The Morgan fingerprint density at radius 1 is 1.15 bits per heavy atom. The molecular formula is C15H22F2N2O. The molecule has 2 rings (SSSR count). The Kier molecular flexibility index (Phi) is 5.31. The van der Waals surface area contributed by atoms with Crippen molar-refractivity contribution in [1.82, 2.24) is 5.32 Å². The summed E-state index contributed by atoms with van der Waals surface area (Å²) in [7, 11) is 0. The zero-order valence-corrected chi connectivity index (χ0v) is 11.7. The number of halogens is 2. The van der Waals surface area contributed by atoms with Gasteiger partial charge in [0, 0.05) is 18.1 Å². The van der Waals surface area contributed by atoms with Gasteiger partial charge in [0.2, 0.25) is 0 Å². The summed E-state index contributed by atoms with van der Waals surface area (Å²) >= 11 is 0. The van der Waals surface area contributed by atoms with Crippen LogP contribution < -0.4 is 15.8 Å². The summed E-state index contributed by atoms with van der Waals surface area (Å²) in [5, 5.41) is 3.57. The van der Waals surface area contributed by atoms with Crippen molar-refractivity contribution >= 4 is 0 Å². The smallest absolute Gasteiger partial charge is 0.387 e. The van der Waals surface area contributed by atoms with Crippen molar-refractivity contribution in [3.05, 3.63) is 29.8 Å². The predicted molar refractivity (Wildman–Crippen MR) is 74.9 cm³/mol. The van der Waals surface area contributed by atoms with Crippen LogP contribution >= 0.6 is 0 Å². The van der Waals surface area contributed by atoms with Gasteiger partial charge in [0.25, 0.3) is 0 Å². The molecule has 1 aliphatic carbocycles. The van der Waals surface area contributed by atoms with Crippen LogP contribution in [-0.2, 0) is 0 Å². The van der Waals surface area contributed by atoms with E-state index in [4.69, 9.17) is 5.73 Å². The molecule has 1 fully saturated rings. The highest BCUT2D eigenvalue weighted by Crippen LogP contribution is 2.23. The monoisotopic (exact) mass is 284 g/mol. The zero-order chi connectivity index (χ0) is 14.5. The van der Waals surface area contributed by atoms with Crippen LogP contribution in [0.15, 0.2) is 24.3 Å². The first-order valence-corrected chi connectivity index (χ1v) is 7.11. The molecule has 0 spiro atoms. The molecule has 3 N–H and O–H groups in total. The fourth-order valence-electron chi connectivity index (χ4n) is 2.67. The van der Waals surface area contributed by atoms with Crippen LogP contribution in [-0.4, -0.2) is 18.7 Å². The molecule has 3 nitrogen and oxygen atoms in total. The Bertz CT molecular complexity index is 403. The van der Waals surface area contributed by atoms with Crippen molar-refractivity contribution < 1.29 is 13.5 Å². The predicted octanol–water partition coefficient (Wildman–Crippen LogP) is 3.21. The van der Waals surface area contributed by atoms with Crippen molar-refractivity contribution in [1.29, 1.82) is 0 Å². The second-order valence-electron chi connectivity index (χ2n) is 5.45. The fraction of sp³-hybridized carbons (Fsp3) is 0.600. The van der Waals surface area contributed by atoms with E-state index in [0.29, 0.717) is 12.1 Å². The van der Waals surface area contributed by atoms with Gasteiger partial charge < -0.3 is 15.8 Å². The third kappa shape index (κ3) is 4.42. The van der Waals surface area contributed by atoms with E-state index in [1.54, 1.807) is 12.1 Å². The largest absolute Gasteiger partial charge is 0.435 e. The summed E-state index contributed by atoms with van der Waals surface area (Å²) < 4.78 is 28.5. The van der Waals surface area contributed by atoms with Crippen LogP contribution in [0, 0.1) is 0 Å². The summed E-state index contributed by atoms with van der Waals surface area (Å²) in [6.45, 7) is -0.694. The Hall–Kier alpha value is -1.20. The molecule has 1 saturated carbocycles. The van der Waals surface area contributed by atoms with Gasteiger partial charge in [-0.15, -0.1) is 0 Å². The van der Waals surface area contributed by atoms with Gasteiger partial charge in [0.1, 0.15) is 5.75 Å². The van der Waals surface area contributed by atoms with Crippen LogP contribution in [0.25, 0.3) is 0 Å². The average molecular weight is 284 g/mol. The van der Waals surface area contributed by atoms with E-state index in [0.717, 1.165) is 31.2 Å². The number of hydrogen-bond donors (Lipinski definition) is 2. The number of ether oxygens (including phenoxy) is 1. The topological polar surface area (TPSA) is 47.3 Å². The standard InChI is InChI=1S/C15H22F2N2O/c1-10(19-13-6-4-12(18)5-7-13)11-2-8-14(9-3-11)20-15(16)17/h2-3,8-10,12-13,15,19H,4-7,18H2,1H3. The van der Waals surface area contributed by atoms with E-state index in [2.05, 4.69) is 17.0 Å².